The molecule has 1 aliphatic carbocycles. The molecule has 4 aromatic carbocycles. The SMILES string of the molecule is CCCCn1c(O)c2cc([N+](=O)[O-])c3c4ccc5c6c4c(c(=N)cc-6c(=O)n(CCCC)c5=O)c4ccc(c1=O)c2c43. The Bertz CT molecular complexity index is 2460. The molecule has 0 fully saturated rings. The van der Waals surface area contributed by atoms with Crippen molar-refractivity contribution in [1.82, 2.24) is 9.13 Å². The van der Waals surface area contributed by atoms with E-state index in [0.717, 1.165) is 12.8 Å². The molecule has 7 rings (SSSR count). The highest BCUT2D eigenvalue weighted by Gasteiger charge is 2.30. The van der Waals surface area contributed by atoms with Gasteiger partial charge >= 0.3 is 0 Å². The fraction of sp³-hybridized carbons (Fsp3) is 0.250. The van der Waals surface area contributed by atoms with Crippen LogP contribution in [0.25, 0.3) is 65.0 Å². The topological polar surface area (TPSA) is 148 Å². The van der Waals surface area contributed by atoms with Crippen molar-refractivity contribution in [2.45, 2.75) is 52.6 Å². The maximum absolute atomic E-state index is 13.6. The number of nitrogens with one attached hydrogen (secondary N) is 1. The number of nitro benzene ring substituents is 1. The molecule has 10 heteroatoms. The molecule has 210 valence electrons. The molecule has 2 N–H and O–H groups in total. The van der Waals surface area contributed by atoms with Gasteiger partial charge in [-0.3, -0.25) is 33.6 Å². The Balaban J connectivity index is 1.78. The molecule has 0 spiro atoms. The van der Waals surface area contributed by atoms with E-state index >= 15 is 0 Å². The van der Waals surface area contributed by atoms with Crippen molar-refractivity contribution in [2.75, 3.05) is 0 Å². The molecular formula is C32H26N4O6. The highest BCUT2D eigenvalue weighted by molar-refractivity contribution is 6.39. The molecule has 1 aromatic heterocycles. The van der Waals surface area contributed by atoms with Crippen LogP contribution in [0.1, 0.15) is 39.5 Å². The summed E-state index contributed by atoms with van der Waals surface area (Å²) < 4.78 is 2.47. The van der Waals surface area contributed by atoms with Gasteiger partial charge in [-0.25, -0.2) is 0 Å². The molecule has 0 radical (unpaired) electrons. The van der Waals surface area contributed by atoms with Crippen LogP contribution in [0.2, 0.25) is 0 Å². The first-order valence-corrected chi connectivity index (χ1v) is 14.1. The lowest BCUT2D eigenvalue weighted by molar-refractivity contribution is -0.382. The van der Waals surface area contributed by atoms with Crippen molar-refractivity contribution in [2.24, 2.45) is 0 Å². The summed E-state index contributed by atoms with van der Waals surface area (Å²) in [6.07, 6.45) is 2.86. The van der Waals surface area contributed by atoms with Crippen LogP contribution in [0.3, 0.4) is 0 Å². The van der Waals surface area contributed by atoms with E-state index in [1.165, 1.54) is 21.3 Å². The van der Waals surface area contributed by atoms with Crippen molar-refractivity contribution in [3.63, 3.8) is 0 Å². The second-order valence-corrected chi connectivity index (χ2v) is 11.0. The number of nitrogens with zero attached hydrogens (tertiary/aromatic N) is 3. The molecule has 0 atom stereocenters. The first kappa shape index (κ1) is 25.8. The number of unbranched alkanes of at least 4 members (excludes halogenated alkanes) is 2. The number of rotatable bonds is 7. The van der Waals surface area contributed by atoms with E-state index in [2.05, 4.69) is 0 Å². The molecule has 0 unspecified atom stereocenters. The van der Waals surface area contributed by atoms with E-state index in [1.807, 2.05) is 13.8 Å². The summed E-state index contributed by atoms with van der Waals surface area (Å²) in [4.78, 5) is 52.7. The van der Waals surface area contributed by atoms with Crippen LogP contribution in [0, 0.1) is 15.5 Å². The van der Waals surface area contributed by atoms with Gasteiger partial charge < -0.3 is 10.5 Å². The second-order valence-electron chi connectivity index (χ2n) is 11.0. The summed E-state index contributed by atoms with van der Waals surface area (Å²) in [5, 5.41) is 36.5. The standard InChI is InChI=1S/C32H26N4O6/c1-3-5-11-34-29(37)17-10-8-16-26-22(36(41)42)14-20-24-18(30(38)35(32(20)40)12-6-4-2)9-7-15(28(24)26)25-21(33)13-19(31(34)39)23(17)27(16)25/h7-10,13-14,33,40H,3-6,11-12H2,1-2H3. The van der Waals surface area contributed by atoms with Crippen LogP contribution in [-0.4, -0.2) is 19.2 Å². The Kier molecular flexibility index (Phi) is 5.50. The molecule has 1 aliphatic heterocycles. The molecule has 2 aliphatic rings. The summed E-state index contributed by atoms with van der Waals surface area (Å²) in [5.41, 5.74) is -0.991. The Morgan fingerprint density at radius 2 is 1.33 bits per heavy atom. The van der Waals surface area contributed by atoms with E-state index in [1.54, 1.807) is 24.3 Å². The van der Waals surface area contributed by atoms with Crippen molar-refractivity contribution >= 4 is 59.5 Å². The third-order valence-electron chi connectivity index (χ3n) is 8.67. The number of fused-ring (bicyclic) bond motifs is 2. The minimum Gasteiger partial charge on any atom is -0.494 e. The molecular weight excluding hydrogens is 536 g/mol. The Labute approximate surface area is 236 Å². The first-order chi connectivity index (χ1) is 20.2. The summed E-state index contributed by atoms with van der Waals surface area (Å²) >= 11 is 0. The van der Waals surface area contributed by atoms with Gasteiger partial charge in [-0.05, 0) is 41.8 Å². The number of non-ortho nitro benzene ring substituents is 1. The summed E-state index contributed by atoms with van der Waals surface area (Å²) in [5.74, 6) is -0.335. The lowest BCUT2D eigenvalue weighted by Crippen LogP contribution is -2.35. The molecule has 0 saturated heterocycles. The third-order valence-corrected chi connectivity index (χ3v) is 8.67. The molecule has 0 saturated carbocycles. The number of aromatic nitrogens is 2. The minimum absolute atomic E-state index is 0.0305. The summed E-state index contributed by atoms with van der Waals surface area (Å²) in [7, 11) is 0. The lowest BCUT2D eigenvalue weighted by atomic mass is 9.83. The van der Waals surface area contributed by atoms with Crippen molar-refractivity contribution in [1.29, 1.82) is 5.41 Å². The van der Waals surface area contributed by atoms with Crippen LogP contribution >= 0.6 is 0 Å². The van der Waals surface area contributed by atoms with Crippen molar-refractivity contribution in [3.05, 3.63) is 82.9 Å². The quantitative estimate of drug-likeness (QED) is 0.117. The summed E-state index contributed by atoms with van der Waals surface area (Å²) in [6.45, 7) is 4.45. The van der Waals surface area contributed by atoms with E-state index in [-0.39, 0.29) is 46.4 Å². The van der Waals surface area contributed by atoms with Crippen LogP contribution in [0.4, 0.5) is 5.69 Å². The highest BCUT2D eigenvalue weighted by Crippen LogP contribution is 2.48. The molecule has 5 aromatic rings. The average Bonchev–Trinajstić information content (AvgIpc) is 2.98. The van der Waals surface area contributed by atoms with Crippen LogP contribution in [0.15, 0.2) is 50.8 Å². The van der Waals surface area contributed by atoms with Gasteiger partial charge in [0.25, 0.3) is 22.4 Å². The smallest absolute Gasteiger partial charge is 0.278 e. The number of nitro groups is 1. The predicted octanol–water partition coefficient (Wildman–Crippen LogP) is 5.25. The zero-order valence-electron chi connectivity index (χ0n) is 23.0. The lowest BCUT2D eigenvalue weighted by Gasteiger charge is -2.21. The fourth-order valence-corrected chi connectivity index (χ4v) is 6.74. The van der Waals surface area contributed by atoms with Gasteiger partial charge in [0.05, 0.1) is 26.6 Å². The van der Waals surface area contributed by atoms with Gasteiger partial charge in [-0.2, -0.15) is 0 Å². The number of pyridine rings is 2. The maximum atomic E-state index is 13.6. The molecule has 2 heterocycles. The Morgan fingerprint density at radius 1 is 0.738 bits per heavy atom. The fourth-order valence-electron chi connectivity index (χ4n) is 6.74. The van der Waals surface area contributed by atoms with Gasteiger partial charge in [0.2, 0.25) is 5.88 Å². The van der Waals surface area contributed by atoms with Gasteiger partial charge in [0.1, 0.15) is 0 Å². The number of aromatic hydroxyl groups is 1. The third kappa shape index (κ3) is 3.14. The van der Waals surface area contributed by atoms with Crippen LogP contribution < -0.4 is 22.0 Å². The first-order valence-electron chi connectivity index (χ1n) is 14.1. The molecule has 42 heavy (non-hydrogen) atoms. The van der Waals surface area contributed by atoms with Gasteiger partial charge in [-0.1, -0.05) is 38.8 Å². The van der Waals surface area contributed by atoms with Gasteiger partial charge in [0, 0.05) is 57.0 Å². The van der Waals surface area contributed by atoms with E-state index in [9.17, 15) is 29.6 Å². The van der Waals surface area contributed by atoms with Crippen LogP contribution in [-0.2, 0) is 13.1 Å². The summed E-state index contributed by atoms with van der Waals surface area (Å²) in [6, 6.07) is 9.31. The van der Waals surface area contributed by atoms with Crippen LogP contribution in [0.5, 0.6) is 5.88 Å². The zero-order chi connectivity index (χ0) is 29.6. The average molecular weight is 563 g/mol. The van der Waals surface area contributed by atoms with Crippen molar-refractivity contribution in [3.8, 4) is 17.0 Å². The van der Waals surface area contributed by atoms with Gasteiger partial charge in [-0.15, -0.1) is 0 Å². The largest absolute Gasteiger partial charge is 0.494 e. The second kappa shape index (κ2) is 8.94. The van der Waals surface area contributed by atoms with E-state index < -0.39 is 21.6 Å². The molecule has 10 nitrogen and oxygen atoms in total. The van der Waals surface area contributed by atoms with E-state index in [4.69, 9.17) is 5.41 Å². The van der Waals surface area contributed by atoms with Crippen molar-refractivity contribution < 1.29 is 10.0 Å². The number of hydrogen-bond donors (Lipinski definition) is 2. The highest BCUT2D eigenvalue weighted by atomic mass is 16.6. The minimum atomic E-state index is -0.521. The molecule has 0 amide bonds. The maximum Gasteiger partial charge on any atom is 0.278 e. The monoisotopic (exact) mass is 562 g/mol. The van der Waals surface area contributed by atoms with Gasteiger partial charge in [0.15, 0.2) is 0 Å². The molecule has 0 bridgehead atoms. The zero-order valence-corrected chi connectivity index (χ0v) is 23.0. The Hall–Kier alpha value is -5.12. The number of benzene rings is 5. The normalized spacial score (nSPS) is 12.3. The predicted molar refractivity (Wildman–Crippen MR) is 163 cm³/mol. The Morgan fingerprint density at radius 3 is 2.00 bits per heavy atom. The van der Waals surface area contributed by atoms with E-state index in [0.29, 0.717) is 61.5 Å². The number of hydrogen-bond acceptors (Lipinski definition) is 7.